The van der Waals surface area contributed by atoms with Crippen molar-refractivity contribution in [2.24, 2.45) is 5.92 Å². The Balaban J connectivity index is 1.67. The normalized spacial score (nSPS) is 23.9. The van der Waals surface area contributed by atoms with Crippen molar-refractivity contribution in [1.82, 2.24) is 9.80 Å². The molecule has 4 heteroatoms. The van der Waals surface area contributed by atoms with Gasteiger partial charge < -0.3 is 9.80 Å². The van der Waals surface area contributed by atoms with Crippen LogP contribution in [0.4, 0.5) is 4.79 Å². The van der Waals surface area contributed by atoms with Crippen LogP contribution in [0.25, 0.3) is 0 Å². The van der Waals surface area contributed by atoms with Crippen LogP contribution in [0.2, 0.25) is 0 Å². The first-order valence-electron chi connectivity index (χ1n) is 6.83. The Kier molecular flexibility index (Phi) is 3.29. The topological polar surface area (TPSA) is 23.6 Å². The Morgan fingerprint density at radius 1 is 1.39 bits per heavy atom. The summed E-state index contributed by atoms with van der Waals surface area (Å²) < 4.78 is 0. The van der Waals surface area contributed by atoms with Gasteiger partial charge in [-0.3, -0.25) is 0 Å². The van der Waals surface area contributed by atoms with Gasteiger partial charge in [0.15, 0.2) is 0 Å². The zero-order chi connectivity index (χ0) is 12.5. The van der Waals surface area contributed by atoms with Gasteiger partial charge in [-0.15, -0.1) is 11.3 Å². The van der Waals surface area contributed by atoms with Crippen LogP contribution in [-0.2, 0) is 13.0 Å². The molecule has 18 heavy (non-hydrogen) atoms. The molecule has 1 fully saturated rings. The first-order chi connectivity index (χ1) is 8.74. The fourth-order valence-electron chi connectivity index (χ4n) is 2.97. The highest BCUT2D eigenvalue weighted by Gasteiger charge is 2.27. The zero-order valence-electron chi connectivity index (χ0n) is 10.9. The van der Waals surface area contributed by atoms with Crippen LogP contribution in [0.15, 0.2) is 11.4 Å². The van der Waals surface area contributed by atoms with Gasteiger partial charge in [-0.05, 0) is 42.2 Å². The molecule has 98 valence electrons. The van der Waals surface area contributed by atoms with E-state index in [1.807, 2.05) is 21.1 Å². The van der Waals surface area contributed by atoms with Crippen molar-refractivity contribution >= 4 is 17.4 Å². The average Bonchev–Trinajstić information content (AvgIpc) is 2.85. The number of carbonyl (C=O) groups is 1. The molecule has 0 bridgehead atoms. The molecule has 0 N–H and O–H groups in total. The van der Waals surface area contributed by atoms with Gasteiger partial charge in [-0.25, -0.2) is 4.79 Å². The van der Waals surface area contributed by atoms with Crippen LogP contribution >= 0.6 is 11.3 Å². The number of urea groups is 1. The van der Waals surface area contributed by atoms with Crippen molar-refractivity contribution in [2.75, 3.05) is 19.6 Å². The van der Waals surface area contributed by atoms with E-state index in [9.17, 15) is 4.79 Å². The SMILES string of the molecule is C[C@@H]1CCCN(C(=O)N2CCc3sccc3C2)C1. The number of hydrogen-bond donors (Lipinski definition) is 0. The monoisotopic (exact) mass is 264 g/mol. The average molecular weight is 264 g/mol. The fourth-order valence-corrected chi connectivity index (χ4v) is 3.86. The van der Waals surface area contributed by atoms with E-state index in [4.69, 9.17) is 0 Å². The van der Waals surface area contributed by atoms with Gasteiger partial charge in [0.05, 0.1) is 0 Å². The minimum absolute atomic E-state index is 0.249. The van der Waals surface area contributed by atoms with Gasteiger partial charge in [0.2, 0.25) is 0 Å². The smallest absolute Gasteiger partial charge is 0.320 e. The standard InChI is InChI=1S/C14H20N2OS/c1-11-3-2-6-15(9-11)14(17)16-7-4-13-12(10-16)5-8-18-13/h5,8,11H,2-4,6-7,9-10H2,1H3/t11-/m1/s1. The number of carbonyl (C=O) groups excluding carboxylic acids is 1. The maximum atomic E-state index is 12.5. The number of rotatable bonds is 0. The van der Waals surface area contributed by atoms with Crippen LogP contribution in [0.3, 0.4) is 0 Å². The van der Waals surface area contributed by atoms with E-state index >= 15 is 0 Å². The lowest BCUT2D eigenvalue weighted by molar-refractivity contribution is 0.127. The molecule has 3 heterocycles. The summed E-state index contributed by atoms with van der Waals surface area (Å²) in [7, 11) is 0. The van der Waals surface area contributed by atoms with E-state index in [-0.39, 0.29) is 6.03 Å². The van der Waals surface area contributed by atoms with E-state index < -0.39 is 0 Å². The van der Waals surface area contributed by atoms with E-state index in [0.29, 0.717) is 5.92 Å². The molecule has 0 saturated carbocycles. The van der Waals surface area contributed by atoms with Crippen molar-refractivity contribution in [3.05, 3.63) is 21.9 Å². The third-order valence-electron chi connectivity index (χ3n) is 4.01. The number of likely N-dealkylation sites (tertiary alicyclic amines) is 1. The summed E-state index contributed by atoms with van der Waals surface area (Å²) in [6.45, 7) is 5.81. The number of hydrogen-bond acceptors (Lipinski definition) is 2. The summed E-state index contributed by atoms with van der Waals surface area (Å²) in [6, 6.07) is 2.41. The molecule has 1 aromatic rings. The van der Waals surface area contributed by atoms with Crippen molar-refractivity contribution in [3.63, 3.8) is 0 Å². The number of fused-ring (bicyclic) bond motifs is 1. The minimum atomic E-state index is 0.249. The quantitative estimate of drug-likeness (QED) is 0.706. The highest BCUT2D eigenvalue weighted by molar-refractivity contribution is 7.10. The van der Waals surface area contributed by atoms with Gasteiger partial charge in [-0.2, -0.15) is 0 Å². The minimum Gasteiger partial charge on any atom is -0.324 e. The summed E-state index contributed by atoms with van der Waals surface area (Å²) in [4.78, 5) is 18.0. The van der Waals surface area contributed by atoms with Crippen LogP contribution in [0, 0.1) is 5.92 Å². The molecular weight excluding hydrogens is 244 g/mol. The van der Waals surface area contributed by atoms with Gasteiger partial charge in [0.1, 0.15) is 0 Å². The van der Waals surface area contributed by atoms with Crippen molar-refractivity contribution in [2.45, 2.75) is 32.7 Å². The molecule has 3 rings (SSSR count). The van der Waals surface area contributed by atoms with E-state index in [1.54, 1.807) is 0 Å². The van der Waals surface area contributed by atoms with Crippen molar-refractivity contribution < 1.29 is 4.79 Å². The van der Waals surface area contributed by atoms with Crippen LogP contribution in [-0.4, -0.2) is 35.5 Å². The molecular formula is C14H20N2OS. The summed E-state index contributed by atoms with van der Waals surface area (Å²) >= 11 is 1.82. The molecule has 0 spiro atoms. The highest BCUT2D eigenvalue weighted by Crippen LogP contribution is 2.25. The van der Waals surface area contributed by atoms with Crippen LogP contribution in [0.5, 0.6) is 0 Å². The Morgan fingerprint density at radius 2 is 2.28 bits per heavy atom. The zero-order valence-corrected chi connectivity index (χ0v) is 11.7. The second-order valence-corrected chi connectivity index (χ2v) is 6.52. The van der Waals surface area contributed by atoms with Crippen LogP contribution < -0.4 is 0 Å². The summed E-state index contributed by atoms with van der Waals surface area (Å²) in [5, 5.41) is 2.14. The Bertz CT molecular complexity index is 443. The third kappa shape index (κ3) is 2.26. The molecule has 0 radical (unpaired) electrons. The molecule has 0 aliphatic carbocycles. The van der Waals surface area contributed by atoms with Gasteiger partial charge in [-0.1, -0.05) is 6.92 Å². The maximum Gasteiger partial charge on any atom is 0.320 e. The Labute approximate surface area is 112 Å². The second kappa shape index (κ2) is 4.92. The molecule has 2 amide bonds. The lowest BCUT2D eigenvalue weighted by Crippen LogP contribution is -2.48. The lowest BCUT2D eigenvalue weighted by atomic mass is 10.0. The summed E-state index contributed by atoms with van der Waals surface area (Å²) in [5.74, 6) is 0.657. The third-order valence-corrected chi connectivity index (χ3v) is 5.03. The molecule has 3 nitrogen and oxygen atoms in total. The van der Waals surface area contributed by atoms with Crippen molar-refractivity contribution in [1.29, 1.82) is 0 Å². The van der Waals surface area contributed by atoms with E-state index in [0.717, 1.165) is 39.0 Å². The van der Waals surface area contributed by atoms with E-state index in [1.165, 1.54) is 16.9 Å². The van der Waals surface area contributed by atoms with E-state index in [2.05, 4.69) is 18.4 Å². The largest absolute Gasteiger partial charge is 0.324 e. The first-order valence-corrected chi connectivity index (χ1v) is 7.71. The molecule has 1 aromatic heterocycles. The summed E-state index contributed by atoms with van der Waals surface area (Å²) in [6.07, 6.45) is 3.45. The highest BCUT2D eigenvalue weighted by atomic mass is 32.1. The maximum absolute atomic E-state index is 12.5. The molecule has 2 aliphatic rings. The molecule has 2 aliphatic heterocycles. The number of nitrogens with zero attached hydrogens (tertiary/aromatic N) is 2. The predicted octanol–water partition coefficient (Wildman–Crippen LogP) is 2.96. The first kappa shape index (κ1) is 12.0. The van der Waals surface area contributed by atoms with Gasteiger partial charge in [0.25, 0.3) is 0 Å². The molecule has 1 saturated heterocycles. The number of amides is 2. The number of piperidine rings is 1. The predicted molar refractivity (Wildman–Crippen MR) is 73.8 cm³/mol. The van der Waals surface area contributed by atoms with Crippen molar-refractivity contribution in [3.8, 4) is 0 Å². The number of thiophene rings is 1. The second-order valence-electron chi connectivity index (χ2n) is 5.52. The lowest BCUT2D eigenvalue weighted by Gasteiger charge is -2.36. The Hall–Kier alpha value is -1.03. The van der Waals surface area contributed by atoms with Crippen LogP contribution in [0.1, 0.15) is 30.2 Å². The van der Waals surface area contributed by atoms with Gasteiger partial charge in [0, 0.05) is 31.1 Å². The fraction of sp³-hybridized carbons (Fsp3) is 0.643. The summed E-state index contributed by atoms with van der Waals surface area (Å²) in [5.41, 5.74) is 1.35. The van der Waals surface area contributed by atoms with Gasteiger partial charge >= 0.3 is 6.03 Å². The molecule has 0 aromatic carbocycles. The molecule has 0 unspecified atom stereocenters. The Morgan fingerprint density at radius 3 is 3.11 bits per heavy atom. The molecule has 1 atom stereocenters.